The quantitative estimate of drug-likeness (QED) is 0.591. The molecule has 1 aromatic carbocycles. The molecular formula is C9H5F6. The number of hydrogen-bond donors (Lipinski definition) is 0. The van der Waals surface area contributed by atoms with Crippen LogP contribution in [0.5, 0.6) is 0 Å². The van der Waals surface area contributed by atoms with Gasteiger partial charge in [0.1, 0.15) is 0 Å². The molecule has 0 N–H and O–H groups in total. The first-order valence-electron chi connectivity index (χ1n) is 3.79. The highest BCUT2D eigenvalue weighted by Gasteiger charge is 2.43. The van der Waals surface area contributed by atoms with E-state index in [1.807, 2.05) is 0 Å². The van der Waals surface area contributed by atoms with Crippen LogP contribution in [0.15, 0.2) is 12.1 Å². The van der Waals surface area contributed by atoms with E-state index < -0.39 is 29.0 Å². The van der Waals surface area contributed by atoms with Gasteiger partial charge in [0, 0.05) is 0 Å². The summed E-state index contributed by atoms with van der Waals surface area (Å²) in [6.45, 7) is 0.943. The summed E-state index contributed by atoms with van der Waals surface area (Å²) in [7, 11) is 0. The van der Waals surface area contributed by atoms with Gasteiger partial charge < -0.3 is 0 Å². The summed E-state index contributed by atoms with van der Waals surface area (Å²) in [6, 6.07) is 3.30. The van der Waals surface area contributed by atoms with Gasteiger partial charge in [-0.05, 0) is 24.6 Å². The van der Waals surface area contributed by atoms with E-state index in [0.29, 0.717) is 6.07 Å². The molecule has 0 spiro atoms. The van der Waals surface area contributed by atoms with Gasteiger partial charge in [-0.3, -0.25) is 0 Å². The van der Waals surface area contributed by atoms with Gasteiger partial charge in [-0.2, -0.15) is 26.3 Å². The molecule has 0 aliphatic carbocycles. The first-order valence-corrected chi connectivity index (χ1v) is 3.79. The normalized spacial score (nSPS) is 13.0. The van der Waals surface area contributed by atoms with E-state index in [1.165, 1.54) is 0 Å². The van der Waals surface area contributed by atoms with Crippen LogP contribution in [0.1, 0.15) is 16.7 Å². The molecule has 0 aliphatic heterocycles. The van der Waals surface area contributed by atoms with Crippen molar-refractivity contribution < 1.29 is 26.3 Å². The summed E-state index contributed by atoms with van der Waals surface area (Å²) in [5.41, 5.74) is -3.90. The van der Waals surface area contributed by atoms with E-state index in [-0.39, 0.29) is 0 Å². The zero-order chi connectivity index (χ0) is 11.9. The Balaban J connectivity index is 3.48. The summed E-state index contributed by atoms with van der Waals surface area (Å²) >= 11 is 0. The lowest BCUT2D eigenvalue weighted by molar-refractivity contribution is -0.162. The van der Waals surface area contributed by atoms with Gasteiger partial charge in [-0.15, -0.1) is 0 Å². The number of aryl methyl sites for hydroxylation is 1. The maximum Gasteiger partial charge on any atom is 0.417 e. The van der Waals surface area contributed by atoms with Crippen LogP contribution in [-0.4, -0.2) is 0 Å². The zero-order valence-corrected chi connectivity index (χ0v) is 7.42. The summed E-state index contributed by atoms with van der Waals surface area (Å²) in [4.78, 5) is 0. The van der Waals surface area contributed by atoms with Crippen LogP contribution in [0.3, 0.4) is 0 Å². The largest absolute Gasteiger partial charge is 0.417 e. The molecule has 1 rings (SSSR count). The maximum atomic E-state index is 12.3. The van der Waals surface area contributed by atoms with Crippen molar-refractivity contribution >= 4 is 0 Å². The minimum Gasteiger partial charge on any atom is -0.166 e. The summed E-state index contributed by atoms with van der Waals surface area (Å²) < 4.78 is 73.7. The van der Waals surface area contributed by atoms with Crippen molar-refractivity contribution in [3.8, 4) is 0 Å². The van der Waals surface area contributed by atoms with E-state index in [0.717, 1.165) is 13.0 Å². The first-order chi connectivity index (χ1) is 6.64. The Morgan fingerprint density at radius 2 is 1.53 bits per heavy atom. The lowest BCUT2D eigenvalue weighted by Crippen LogP contribution is -2.17. The number of alkyl halides is 6. The summed E-state index contributed by atoms with van der Waals surface area (Å²) in [6.07, 6.45) is -10.0. The van der Waals surface area contributed by atoms with E-state index in [2.05, 4.69) is 6.07 Å². The van der Waals surface area contributed by atoms with Gasteiger partial charge in [-0.25, -0.2) is 0 Å². The number of benzene rings is 1. The second-order valence-corrected chi connectivity index (χ2v) is 2.89. The predicted molar refractivity (Wildman–Crippen MR) is 40.0 cm³/mol. The molecule has 0 saturated carbocycles. The van der Waals surface area contributed by atoms with Crippen LogP contribution < -0.4 is 0 Å². The van der Waals surface area contributed by atoms with Crippen molar-refractivity contribution in [1.82, 2.24) is 0 Å². The molecule has 0 unspecified atom stereocenters. The van der Waals surface area contributed by atoms with Crippen molar-refractivity contribution in [2.45, 2.75) is 19.3 Å². The molecule has 0 saturated heterocycles. The topological polar surface area (TPSA) is 0 Å². The smallest absolute Gasteiger partial charge is 0.166 e. The van der Waals surface area contributed by atoms with Crippen molar-refractivity contribution in [3.63, 3.8) is 0 Å². The molecule has 1 aromatic rings. The molecule has 0 nitrogen and oxygen atoms in total. The molecule has 0 fully saturated rings. The van der Waals surface area contributed by atoms with Crippen LogP contribution in [0.2, 0.25) is 0 Å². The molecule has 0 amide bonds. The van der Waals surface area contributed by atoms with Gasteiger partial charge in [0.05, 0.1) is 11.1 Å². The van der Waals surface area contributed by atoms with Crippen molar-refractivity contribution in [3.05, 3.63) is 34.9 Å². The Morgan fingerprint density at radius 3 is 1.87 bits per heavy atom. The Morgan fingerprint density at radius 1 is 1.00 bits per heavy atom. The average Bonchev–Trinajstić information content (AvgIpc) is 1.99. The third kappa shape index (κ3) is 2.43. The molecule has 0 aromatic heterocycles. The molecular weight excluding hydrogens is 222 g/mol. The SMILES string of the molecule is Cc1[c]ccc(C(F)(F)F)c1C(F)(F)F. The number of rotatable bonds is 0. The lowest BCUT2D eigenvalue weighted by Gasteiger charge is -2.16. The third-order valence-corrected chi connectivity index (χ3v) is 1.78. The van der Waals surface area contributed by atoms with Crippen molar-refractivity contribution in [2.24, 2.45) is 0 Å². The molecule has 0 heterocycles. The van der Waals surface area contributed by atoms with E-state index in [4.69, 9.17) is 0 Å². The fraction of sp³-hybridized carbons (Fsp3) is 0.333. The molecule has 1 radical (unpaired) electrons. The average molecular weight is 227 g/mol. The fourth-order valence-corrected chi connectivity index (χ4v) is 1.21. The monoisotopic (exact) mass is 227 g/mol. The lowest BCUT2D eigenvalue weighted by atomic mass is 10.0. The Hall–Kier alpha value is -1.20. The second-order valence-electron chi connectivity index (χ2n) is 2.89. The van der Waals surface area contributed by atoms with Gasteiger partial charge in [0.15, 0.2) is 0 Å². The van der Waals surface area contributed by atoms with Crippen LogP contribution >= 0.6 is 0 Å². The van der Waals surface area contributed by atoms with Crippen LogP contribution in [0, 0.1) is 13.0 Å². The van der Waals surface area contributed by atoms with E-state index in [9.17, 15) is 26.3 Å². The van der Waals surface area contributed by atoms with Crippen molar-refractivity contribution in [2.75, 3.05) is 0 Å². The Labute approximate surface area is 81.5 Å². The Kier molecular flexibility index (Phi) is 2.71. The molecule has 6 heteroatoms. The Bertz CT molecular complexity index is 360. The molecule has 0 atom stereocenters. The minimum atomic E-state index is -5.02. The minimum absolute atomic E-state index is 0.371. The van der Waals surface area contributed by atoms with E-state index >= 15 is 0 Å². The highest BCUT2D eigenvalue weighted by Crippen LogP contribution is 2.41. The predicted octanol–water partition coefficient (Wildman–Crippen LogP) is 3.83. The standard InChI is InChI=1S/C9H5F6/c1-5-3-2-4-6(8(10,11)12)7(5)9(13,14)15/h2,4H,1H3. The first kappa shape index (κ1) is 11.9. The van der Waals surface area contributed by atoms with Crippen LogP contribution in [0.25, 0.3) is 0 Å². The molecule has 0 bridgehead atoms. The maximum absolute atomic E-state index is 12.3. The fourth-order valence-electron chi connectivity index (χ4n) is 1.21. The van der Waals surface area contributed by atoms with Crippen molar-refractivity contribution in [1.29, 1.82) is 0 Å². The molecule has 15 heavy (non-hydrogen) atoms. The number of hydrogen-bond acceptors (Lipinski definition) is 0. The third-order valence-electron chi connectivity index (χ3n) is 1.78. The van der Waals surface area contributed by atoms with Gasteiger partial charge >= 0.3 is 12.4 Å². The number of halogens is 6. The molecule has 0 aliphatic rings. The van der Waals surface area contributed by atoms with Gasteiger partial charge in [0.25, 0.3) is 0 Å². The van der Waals surface area contributed by atoms with Gasteiger partial charge in [-0.1, -0.05) is 6.07 Å². The highest BCUT2D eigenvalue weighted by molar-refractivity contribution is 5.37. The highest BCUT2D eigenvalue weighted by atomic mass is 19.4. The second kappa shape index (κ2) is 3.43. The van der Waals surface area contributed by atoms with Crippen LogP contribution in [-0.2, 0) is 12.4 Å². The van der Waals surface area contributed by atoms with Gasteiger partial charge in [0.2, 0.25) is 0 Å². The summed E-state index contributed by atoms with van der Waals surface area (Å²) in [5.74, 6) is 0. The van der Waals surface area contributed by atoms with E-state index in [1.54, 1.807) is 0 Å². The zero-order valence-electron chi connectivity index (χ0n) is 7.42. The van der Waals surface area contributed by atoms with Crippen LogP contribution in [0.4, 0.5) is 26.3 Å². The summed E-state index contributed by atoms with van der Waals surface area (Å²) in [5, 5.41) is 0. The molecule has 83 valence electrons.